The summed E-state index contributed by atoms with van der Waals surface area (Å²) in [6.45, 7) is 3.80. The molecule has 2 fully saturated rings. The molecular formula is C20H30O6. The summed E-state index contributed by atoms with van der Waals surface area (Å²) in [6, 6.07) is 0. The maximum absolute atomic E-state index is 12.8. The van der Waals surface area contributed by atoms with Crippen LogP contribution in [0, 0.1) is 5.41 Å². The molecule has 3 aliphatic carbocycles. The van der Waals surface area contributed by atoms with Crippen LogP contribution in [0.1, 0.15) is 58.8 Å². The van der Waals surface area contributed by atoms with Crippen molar-refractivity contribution in [2.75, 3.05) is 0 Å². The van der Waals surface area contributed by atoms with E-state index in [1.165, 1.54) is 0 Å². The van der Waals surface area contributed by atoms with Gasteiger partial charge in [0.1, 0.15) is 6.10 Å². The number of hydrogen-bond donors (Lipinski definition) is 5. The molecule has 0 radical (unpaired) electrons. The maximum Gasteiger partial charge on any atom is 0.184 e. The first-order valence-electron chi connectivity index (χ1n) is 9.46. The van der Waals surface area contributed by atoms with Gasteiger partial charge in [0, 0.05) is 18.3 Å². The highest BCUT2D eigenvalue weighted by molar-refractivity contribution is 6.09. The average molecular weight is 366 g/mol. The lowest BCUT2D eigenvalue weighted by Crippen LogP contribution is -2.52. The van der Waals surface area contributed by atoms with E-state index in [9.17, 15) is 30.3 Å². The minimum atomic E-state index is -1.37. The van der Waals surface area contributed by atoms with E-state index in [1.807, 2.05) is 6.92 Å². The van der Waals surface area contributed by atoms with E-state index in [0.717, 1.165) is 24.8 Å². The minimum absolute atomic E-state index is 0.0490. The number of rotatable bonds is 2. The highest BCUT2D eigenvalue weighted by atomic mass is 16.4. The molecule has 0 aliphatic heterocycles. The number of hydrogen-bond acceptors (Lipinski definition) is 6. The molecule has 0 amide bonds. The second-order valence-corrected chi connectivity index (χ2v) is 8.63. The first-order chi connectivity index (χ1) is 12.1. The number of aliphatic hydroxyl groups is 5. The second-order valence-electron chi connectivity index (χ2n) is 8.63. The molecule has 26 heavy (non-hydrogen) atoms. The smallest absolute Gasteiger partial charge is 0.184 e. The Labute approximate surface area is 153 Å². The molecule has 0 aromatic heterocycles. The van der Waals surface area contributed by atoms with Gasteiger partial charge in [-0.05, 0) is 50.2 Å². The van der Waals surface area contributed by atoms with Crippen LogP contribution in [0.2, 0.25) is 0 Å². The fourth-order valence-corrected chi connectivity index (χ4v) is 4.98. The van der Waals surface area contributed by atoms with E-state index >= 15 is 0 Å². The Balaban J connectivity index is 1.83. The summed E-state index contributed by atoms with van der Waals surface area (Å²) < 4.78 is 0. The van der Waals surface area contributed by atoms with Crippen molar-refractivity contribution >= 4 is 5.78 Å². The van der Waals surface area contributed by atoms with Crippen molar-refractivity contribution in [3.8, 4) is 0 Å². The van der Waals surface area contributed by atoms with Gasteiger partial charge in [-0.2, -0.15) is 0 Å². The van der Waals surface area contributed by atoms with Gasteiger partial charge in [0.05, 0.1) is 23.9 Å². The maximum atomic E-state index is 12.8. The number of ketones is 1. The van der Waals surface area contributed by atoms with Gasteiger partial charge in [-0.3, -0.25) is 4.79 Å². The predicted octanol–water partition coefficient (Wildman–Crippen LogP) is 0.751. The van der Waals surface area contributed by atoms with E-state index in [4.69, 9.17) is 0 Å². The van der Waals surface area contributed by atoms with Gasteiger partial charge in [0.15, 0.2) is 5.78 Å². The molecule has 0 aromatic carbocycles. The van der Waals surface area contributed by atoms with Crippen molar-refractivity contribution in [1.29, 1.82) is 0 Å². The minimum Gasteiger partial charge on any atom is -0.392 e. The standard InChI is InChI=1S/C20H30O6/c1-11-13-4-3-5-16(23)19(13,2)8-12(17(11)24)6-7-20(26)9-14(21)18(25)15(22)10-20/h6,14-16,18,21-23,25-26H,3-5,7-10H2,1-2H3/b12-6+/t14-,15-,16+,18-,19+,20+/m1/s1. The summed E-state index contributed by atoms with van der Waals surface area (Å²) in [5.74, 6) is -0.0490. The van der Waals surface area contributed by atoms with Crippen LogP contribution in [-0.2, 0) is 4.79 Å². The monoisotopic (exact) mass is 366 g/mol. The third kappa shape index (κ3) is 3.29. The molecule has 0 saturated heterocycles. The van der Waals surface area contributed by atoms with E-state index in [1.54, 1.807) is 13.0 Å². The number of aliphatic hydroxyl groups excluding tert-OH is 4. The molecule has 0 heterocycles. The fraction of sp³-hybridized carbons (Fsp3) is 0.750. The van der Waals surface area contributed by atoms with Gasteiger partial charge in [-0.15, -0.1) is 0 Å². The number of carbonyl (C=O) groups is 1. The van der Waals surface area contributed by atoms with Gasteiger partial charge in [0.2, 0.25) is 0 Å². The lowest BCUT2D eigenvalue weighted by atomic mass is 9.61. The first kappa shape index (κ1) is 19.7. The Kier molecular flexibility index (Phi) is 5.18. The van der Waals surface area contributed by atoms with Crippen LogP contribution in [0.15, 0.2) is 22.8 Å². The van der Waals surface area contributed by atoms with E-state index in [2.05, 4.69) is 0 Å². The topological polar surface area (TPSA) is 118 Å². The molecule has 0 unspecified atom stereocenters. The van der Waals surface area contributed by atoms with Gasteiger partial charge in [-0.1, -0.05) is 18.6 Å². The molecule has 0 bridgehead atoms. The lowest BCUT2D eigenvalue weighted by Gasteiger charge is -2.45. The molecule has 6 heteroatoms. The number of Topliss-reactive ketones (excluding diaryl/α,β-unsaturated/α-hetero) is 1. The van der Waals surface area contributed by atoms with Crippen LogP contribution >= 0.6 is 0 Å². The van der Waals surface area contributed by atoms with Gasteiger partial charge >= 0.3 is 0 Å². The van der Waals surface area contributed by atoms with Gasteiger partial charge in [-0.25, -0.2) is 0 Å². The molecule has 2 saturated carbocycles. The Morgan fingerprint density at radius 3 is 2.38 bits per heavy atom. The van der Waals surface area contributed by atoms with E-state index < -0.39 is 35.4 Å². The highest BCUT2D eigenvalue weighted by Crippen LogP contribution is 2.50. The van der Waals surface area contributed by atoms with E-state index in [-0.39, 0.29) is 25.0 Å². The van der Waals surface area contributed by atoms with Crippen molar-refractivity contribution in [2.45, 2.75) is 88.8 Å². The number of allylic oxidation sites excluding steroid dienone is 2. The fourth-order valence-electron chi connectivity index (χ4n) is 4.98. The Morgan fingerprint density at radius 1 is 1.15 bits per heavy atom. The molecule has 0 spiro atoms. The van der Waals surface area contributed by atoms with Crippen LogP contribution in [0.3, 0.4) is 0 Å². The van der Waals surface area contributed by atoms with Crippen LogP contribution < -0.4 is 0 Å². The van der Waals surface area contributed by atoms with E-state index in [0.29, 0.717) is 17.6 Å². The lowest BCUT2D eigenvalue weighted by molar-refractivity contribution is -0.153. The normalized spacial score (nSPS) is 45.8. The zero-order valence-electron chi connectivity index (χ0n) is 15.5. The molecule has 3 aliphatic rings. The van der Waals surface area contributed by atoms with Crippen LogP contribution in [0.25, 0.3) is 0 Å². The summed E-state index contributed by atoms with van der Waals surface area (Å²) >= 11 is 0. The summed E-state index contributed by atoms with van der Waals surface area (Å²) in [4.78, 5) is 12.8. The van der Waals surface area contributed by atoms with Crippen molar-refractivity contribution in [1.82, 2.24) is 0 Å². The molecule has 4 atom stereocenters. The molecule has 6 nitrogen and oxygen atoms in total. The molecule has 146 valence electrons. The third-order valence-electron chi connectivity index (χ3n) is 6.67. The first-order valence-corrected chi connectivity index (χ1v) is 9.46. The zero-order valence-corrected chi connectivity index (χ0v) is 15.5. The Bertz CT molecular complexity index is 639. The zero-order chi connectivity index (χ0) is 19.3. The number of carbonyl (C=O) groups excluding carboxylic acids is 1. The molecule has 0 aromatic rings. The average Bonchev–Trinajstić information content (AvgIpc) is 2.57. The summed E-state index contributed by atoms with van der Waals surface area (Å²) in [5, 5.41) is 50.6. The van der Waals surface area contributed by atoms with Crippen molar-refractivity contribution < 1.29 is 30.3 Å². The van der Waals surface area contributed by atoms with Crippen molar-refractivity contribution in [3.63, 3.8) is 0 Å². The largest absolute Gasteiger partial charge is 0.392 e. The Hall–Kier alpha value is -1.05. The van der Waals surface area contributed by atoms with Crippen molar-refractivity contribution in [3.05, 3.63) is 22.8 Å². The van der Waals surface area contributed by atoms with Crippen LogP contribution in [0.5, 0.6) is 0 Å². The van der Waals surface area contributed by atoms with Gasteiger partial charge in [0.25, 0.3) is 0 Å². The molecule has 3 rings (SSSR count). The summed E-state index contributed by atoms with van der Waals surface area (Å²) in [6.07, 6.45) is 0.412. The van der Waals surface area contributed by atoms with Crippen molar-refractivity contribution in [2.24, 2.45) is 5.41 Å². The SMILES string of the molecule is CC1=C2CCC[C@H](O)[C@@]2(C)C/C(=C\C[C@]2(O)C[C@@H](O)[C@@H](O)[C@H](O)C2)C1=O. The quantitative estimate of drug-likeness (QED) is 0.460. The summed E-state index contributed by atoms with van der Waals surface area (Å²) in [5.41, 5.74) is 0.485. The summed E-state index contributed by atoms with van der Waals surface area (Å²) in [7, 11) is 0. The molecular weight excluding hydrogens is 336 g/mol. The second kappa shape index (κ2) is 6.84. The molecule has 5 N–H and O–H groups in total. The van der Waals surface area contributed by atoms with Crippen LogP contribution in [-0.4, -0.2) is 61.3 Å². The number of fused-ring (bicyclic) bond motifs is 1. The third-order valence-corrected chi connectivity index (χ3v) is 6.67. The predicted molar refractivity (Wildman–Crippen MR) is 95.2 cm³/mol. The van der Waals surface area contributed by atoms with Crippen LogP contribution in [0.4, 0.5) is 0 Å². The van der Waals surface area contributed by atoms with Gasteiger partial charge < -0.3 is 25.5 Å². The Morgan fingerprint density at radius 2 is 1.77 bits per heavy atom. The highest BCUT2D eigenvalue weighted by Gasteiger charge is 2.46.